The standard InChI is InChI=1S/C18H20FN3O2/c1-2-20-18(24)13-6-7-17(21-10-13)22-11-15(23)9-16(22)12-4-3-5-14(19)8-12/h3-8,10,15-16,23H,2,9,11H2,1H3,(H,20,24)/t15-,16-/m1/s1. The highest BCUT2D eigenvalue weighted by Crippen LogP contribution is 2.35. The van der Waals surface area contributed by atoms with E-state index in [1.165, 1.54) is 18.3 Å². The zero-order valence-electron chi connectivity index (χ0n) is 13.4. The van der Waals surface area contributed by atoms with Gasteiger partial charge in [0.05, 0.1) is 17.7 Å². The van der Waals surface area contributed by atoms with Crippen molar-refractivity contribution >= 4 is 11.7 Å². The molecule has 2 heterocycles. The van der Waals surface area contributed by atoms with Gasteiger partial charge >= 0.3 is 0 Å². The second kappa shape index (κ2) is 6.97. The second-order valence-corrected chi connectivity index (χ2v) is 5.88. The number of benzene rings is 1. The van der Waals surface area contributed by atoms with E-state index < -0.39 is 6.10 Å². The van der Waals surface area contributed by atoms with Crippen molar-refractivity contribution in [1.82, 2.24) is 10.3 Å². The minimum atomic E-state index is -0.497. The summed E-state index contributed by atoms with van der Waals surface area (Å²) in [6, 6.07) is 9.73. The fraction of sp³-hybridized carbons (Fsp3) is 0.333. The van der Waals surface area contributed by atoms with Crippen LogP contribution in [0.4, 0.5) is 10.2 Å². The molecule has 0 radical (unpaired) electrons. The zero-order chi connectivity index (χ0) is 17.1. The fourth-order valence-electron chi connectivity index (χ4n) is 3.05. The lowest BCUT2D eigenvalue weighted by Gasteiger charge is -2.26. The van der Waals surface area contributed by atoms with Crippen molar-refractivity contribution in [2.45, 2.75) is 25.5 Å². The highest BCUT2D eigenvalue weighted by molar-refractivity contribution is 5.94. The molecule has 1 aliphatic heterocycles. The molecular weight excluding hydrogens is 309 g/mol. The predicted molar refractivity (Wildman–Crippen MR) is 89.4 cm³/mol. The van der Waals surface area contributed by atoms with Gasteiger partial charge in [0.15, 0.2) is 0 Å². The Morgan fingerprint density at radius 3 is 2.92 bits per heavy atom. The number of halogens is 1. The molecule has 0 unspecified atom stereocenters. The minimum absolute atomic E-state index is 0.140. The summed E-state index contributed by atoms with van der Waals surface area (Å²) >= 11 is 0. The van der Waals surface area contributed by atoms with Gasteiger partial charge in [0, 0.05) is 19.3 Å². The van der Waals surface area contributed by atoms with Crippen molar-refractivity contribution in [1.29, 1.82) is 0 Å². The molecule has 3 rings (SSSR count). The topological polar surface area (TPSA) is 65.5 Å². The van der Waals surface area contributed by atoms with E-state index in [1.54, 1.807) is 18.2 Å². The maximum atomic E-state index is 13.5. The number of β-amino-alcohol motifs (C(OH)–C–C–N with tert-alkyl or cyclic N) is 1. The number of rotatable bonds is 4. The molecule has 1 amide bonds. The first kappa shape index (κ1) is 16.4. The van der Waals surface area contributed by atoms with Crippen molar-refractivity contribution in [3.05, 3.63) is 59.5 Å². The van der Waals surface area contributed by atoms with Crippen LogP contribution in [0.3, 0.4) is 0 Å². The SMILES string of the molecule is CCNC(=O)c1ccc(N2C[C@H](O)C[C@@H]2c2cccc(F)c2)nc1. The first-order valence-electron chi connectivity index (χ1n) is 8.03. The van der Waals surface area contributed by atoms with Crippen LogP contribution in [0.5, 0.6) is 0 Å². The molecule has 2 N–H and O–H groups in total. The molecule has 1 aliphatic rings. The smallest absolute Gasteiger partial charge is 0.252 e. The van der Waals surface area contributed by atoms with Crippen molar-refractivity contribution < 1.29 is 14.3 Å². The summed E-state index contributed by atoms with van der Waals surface area (Å²) in [5.41, 5.74) is 1.30. The van der Waals surface area contributed by atoms with Gasteiger partial charge in [-0.15, -0.1) is 0 Å². The number of aromatic nitrogens is 1. The van der Waals surface area contributed by atoms with Gasteiger partial charge in [0.1, 0.15) is 11.6 Å². The van der Waals surface area contributed by atoms with Crippen molar-refractivity contribution in [2.75, 3.05) is 18.0 Å². The molecule has 0 bridgehead atoms. The quantitative estimate of drug-likeness (QED) is 0.903. The monoisotopic (exact) mass is 329 g/mol. The Morgan fingerprint density at radius 2 is 2.25 bits per heavy atom. The third-order valence-electron chi connectivity index (χ3n) is 4.15. The third-order valence-corrected chi connectivity index (χ3v) is 4.15. The number of amides is 1. The summed E-state index contributed by atoms with van der Waals surface area (Å²) in [7, 11) is 0. The fourth-order valence-corrected chi connectivity index (χ4v) is 3.05. The van der Waals surface area contributed by atoms with E-state index in [4.69, 9.17) is 0 Å². The largest absolute Gasteiger partial charge is 0.391 e. The van der Waals surface area contributed by atoms with Crippen molar-refractivity contribution in [3.63, 3.8) is 0 Å². The minimum Gasteiger partial charge on any atom is -0.391 e. The van der Waals surface area contributed by atoms with Crippen molar-refractivity contribution in [3.8, 4) is 0 Å². The number of pyridine rings is 1. The molecule has 1 saturated heterocycles. The number of nitrogens with zero attached hydrogens (tertiary/aromatic N) is 2. The van der Waals surface area contributed by atoms with Gasteiger partial charge in [-0.05, 0) is 43.2 Å². The summed E-state index contributed by atoms with van der Waals surface area (Å²) in [6.45, 7) is 2.84. The Bertz CT molecular complexity index is 720. The maximum absolute atomic E-state index is 13.5. The molecule has 24 heavy (non-hydrogen) atoms. The van der Waals surface area contributed by atoms with E-state index in [-0.39, 0.29) is 17.8 Å². The lowest BCUT2D eigenvalue weighted by Crippen LogP contribution is -2.26. The van der Waals surface area contributed by atoms with Gasteiger partial charge in [-0.25, -0.2) is 9.37 Å². The second-order valence-electron chi connectivity index (χ2n) is 5.88. The first-order chi connectivity index (χ1) is 11.6. The number of hydrogen-bond donors (Lipinski definition) is 2. The molecule has 1 aromatic carbocycles. The Balaban J connectivity index is 1.85. The summed E-state index contributed by atoms with van der Waals surface area (Å²) in [5, 5.41) is 12.8. The number of anilines is 1. The van der Waals surface area contributed by atoms with E-state index >= 15 is 0 Å². The molecule has 1 fully saturated rings. The highest BCUT2D eigenvalue weighted by atomic mass is 19.1. The lowest BCUT2D eigenvalue weighted by atomic mass is 10.0. The molecule has 2 atom stereocenters. The van der Waals surface area contributed by atoms with Crippen LogP contribution in [0.25, 0.3) is 0 Å². The third kappa shape index (κ3) is 3.38. The van der Waals surface area contributed by atoms with Gasteiger partial charge in [-0.3, -0.25) is 4.79 Å². The molecule has 0 saturated carbocycles. The Labute approximate surface area is 140 Å². The van der Waals surface area contributed by atoms with E-state index in [0.29, 0.717) is 30.9 Å². The first-order valence-corrected chi connectivity index (χ1v) is 8.03. The summed E-state index contributed by atoms with van der Waals surface area (Å²) < 4.78 is 13.5. The molecule has 126 valence electrons. The van der Waals surface area contributed by atoms with Crippen LogP contribution in [-0.2, 0) is 0 Å². The Hall–Kier alpha value is -2.47. The van der Waals surface area contributed by atoms with Gasteiger partial charge in [-0.2, -0.15) is 0 Å². The van der Waals surface area contributed by atoms with E-state index in [2.05, 4.69) is 10.3 Å². The van der Waals surface area contributed by atoms with Crippen LogP contribution in [0.2, 0.25) is 0 Å². The molecular formula is C18H20FN3O2. The van der Waals surface area contributed by atoms with Crippen LogP contribution in [-0.4, -0.2) is 35.2 Å². The van der Waals surface area contributed by atoms with Crippen LogP contribution >= 0.6 is 0 Å². The number of carbonyl (C=O) groups excluding carboxylic acids is 1. The molecule has 0 spiro atoms. The number of hydrogen-bond acceptors (Lipinski definition) is 4. The Morgan fingerprint density at radius 1 is 1.42 bits per heavy atom. The molecule has 2 aromatic rings. The molecule has 1 aromatic heterocycles. The van der Waals surface area contributed by atoms with E-state index in [1.807, 2.05) is 17.9 Å². The average molecular weight is 329 g/mol. The zero-order valence-corrected chi connectivity index (χ0v) is 13.4. The Kier molecular flexibility index (Phi) is 4.76. The summed E-state index contributed by atoms with van der Waals surface area (Å²) in [4.78, 5) is 18.1. The number of carbonyl (C=O) groups is 1. The lowest BCUT2D eigenvalue weighted by molar-refractivity contribution is 0.0955. The predicted octanol–water partition coefficient (Wildman–Crippen LogP) is 2.28. The van der Waals surface area contributed by atoms with Crippen molar-refractivity contribution in [2.24, 2.45) is 0 Å². The molecule has 0 aliphatic carbocycles. The number of nitrogens with one attached hydrogen (secondary N) is 1. The van der Waals surface area contributed by atoms with Gasteiger partial charge < -0.3 is 15.3 Å². The maximum Gasteiger partial charge on any atom is 0.252 e. The molecule has 6 heteroatoms. The van der Waals surface area contributed by atoms with E-state index in [9.17, 15) is 14.3 Å². The normalized spacial score (nSPS) is 20.2. The van der Waals surface area contributed by atoms with Crippen LogP contribution in [0, 0.1) is 5.82 Å². The van der Waals surface area contributed by atoms with E-state index in [0.717, 1.165) is 5.56 Å². The highest BCUT2D eigenvalue weighted by Gasteiger charge is 2.33. The van der Waals surface area contributed by atoms with Crippen LogP contribution in [0.1, 0.15) is 35.3 Å². The molecule has 5 nitrogen and oxygen atoms in total. The average Bonchev–Trinajstić information content (AvgIpc) is 2.97. The summed E-state index contributed by atoms with van der Waals surface area (Å²) in [6.07, 6.45) is 1.54. The number of aliphatic hydroxyl groups excluding tert-OH is 1. The van der Waals surface area contributed by atoms with Gasteiger partial charge in [0.25, 0.3) is 5.91 Å². The number of aliphatic hydroxyl groups is 1. The van der Waals surface area contributed by atoms with Gasteiger partial charge in [-0.1, -0.05) is 12.1 Å². The van der Waals surface area contributed by atoms with Crippen LogP contribution < -0.4 is 10.2 Å². The summed E-state index contributed by atoms with van der Waals surface area (Å²) in [5.74, 6) is 0.196. The van der Waals surface area contributed by atoms with Crippen LogP contribution in [0.15, 0.2) is 42.6 Å². The van der Waals surface area contributed by atoms with Gasteiger partial charge in [0.2, 0.25) is 0 Å².